The zero-order valence-electron chi connectivity index (χ0n) is 8.03. The van der Waals surface area contributed by atoms with Gasteiger partial charge in [-0.2, -0.15) is 5.06 Å². The van der Waals surface area contributed by atoms with Gasteiger partial charge in [-0.05, 0) is 20.8 Å². The van der Waals surface area contributed by atoms with E-state index in [-0.39, 0.29) is 12.3 Å². The molecule has 1 aliphatic heterocycles. The highest BCUT2D eigenvalue weighted by Crippen LogP contribution is 2.17. The molecule has 1 saturated heterocycles. The van der Waals surface area contributed by atoms with Crippen LogP contribution in [-0.4, -0.2) is 28.5 Å². The second kappa shape index (κ2) is 3.08. The van der Waals surface area contributed by atoms with Crippen molar-refractivity contribution in [2.24, 2.45) is 5.73 Å². The maximum atomic E-state index is 11.2. The predicted molar refractivity (Wildman–Crippen MR) is 45.3 cm³/mol. The molecule has 5 nitrogen and oxygen atoms in total. The molecule has 0 saturated carbocycles. The number of hydrogen-bond donors (Lipinski definition) is 1. The predicted octanol–water partition coefficient (Wildman–Crippen LogP) is -0.197. The number of hydroxylamine groups is 2. The minimum absolute atomic E-state index is 0.0366. The molecule has 1 atom stereocenters. The van der Waals surface area contributed by atoms with Crippen molar-refractivity contribution in [3.8, 4) is 0 Å². The summed E-state index contributed by atoms with van der Waals surface area (Å²) >= 11 is 0. The highest BCUT2D eigenvalue weighted by molar-refractivity contribution is 6.04. The number of imide groups is 1. The second-order valence-electron chi connectivity index (χ2n) is 4.04. The zero-order chi connectivity index (χ0) is 10.2. The molecular formula is C8H14N2O3. The molecule has 1 aliphatic rings. The van der Waals surface area contributed by atoms with Crippen LogP contribution in [0.1, 0.15) is 27.2 Å². The molecule has 1 heterocycles. The van der Waals surface area contributed by atoms with Gasteiger partial charge >= 0.3 is 0 Å². The average Bonchev–Trinajstić information content (AvgIpc) is 2.14. The standard InChI is InChI=1S/C8H14N2O3/c1-8(2,3)13-10-6(11)4-5(9)7(10)12/h5H,4,9H2,1-3H3. The Morgan fingerprint density at radius 2 is 2.00 bits per heavy atom. The molecule has 5 heteroatoms. The Morgan fingerprint density at radius 1 is 1.46 bits per heavy atom. The molecular weight excluding hydrogens is 172 g/mol. The van der Waals surface area contributed by atoms with Gasteiger partial charge in [0.2, 0.25) is 0 Å². The van der Waals surface area contributed by atoms with Crippen molar-refractivity contribution >= 4 is 11.8 Å². The van der Waals surface area contributed by atoms with Crippen LogP contribution >= 0.6 is 0 Å². The van der Waals surface area contributed by atoms with Crippen molar-refractivity contribution in [2.75, 3.05) is 0 Å². The van der Waals surface area contributed by atoms with Crippen LogP contribution in [0.15, 0.2) is 0 Å². The maximum absolute atomic E-state index is 11.2. The minimum atomic E-state index is -0.741. The van der Waals surface area contributed by atoms with Crippen molar-refractivity contribution in [3.63, 3.8) is 0 Å². The highest BCUT2D eigenvalue weighted by atomic mass is 16.7. The van der Waals surface area contributed by atoms with Gasteiger partial charge in [0.25, 0.3) is 11.8 Å². The SMILES string of the molecule is CC(C)(C)ON1C(=O)CC(N)C1=O. The lowest BCUT2D eigenvalue weighted by molar-refractivity contribution is -0.219. The minimum Gasteiger partial charge on any atom is -0.319 e. The molecule has 0 bridgehead atoms. The van der Waals surface area contributed by atoms with Crippen LogP contribution in [0.4, 0.5) is 0 Å². The third-order valence-electron chi connectivity index (χ3n) is 1.50. The molecule has 0 aliphatic carbocycles. The van der Waals surface area contributed by atoms with Gasteiger partial charge in [0, 0.05) is 0 Å². The van der Waals surface area contributed by atoms with Gasteiger partial charge < -0.3 is 5.73 Å². The lowest BCUT2D eigenvalue weighted by atomic mass is 10.2. The van der Waals surface area contributed by atoms with Gasteiger partial charge in [-0.15, -0.1) is 0 Å². The molecule has 0 aromatic rings. The lowest BCUT2D eigenvalue weighted by Crippen LogP contribution is -2.40. The maximum Gasteiger partial charge on any atom is 0.270 e. The molecule has 0 aromatic carbocycles. The summed E-state index contributed by atoms with van der Waals surface area (Å²) in [6.07, 6.45) is 0.0366. The Hall–Kier alpha value is -0.940. The molecule has 2 N–H and O–H groups in total. The Morgan fingerprint density at radius 3 is 2.31 bits per heavy atom. The Bertz CT molecular complexity index is 244. The summed E-state index contributed by atoms with van der Waals surface area (Å²) in [7, 11) is 0. The van der Waals surface area contributed by atoms with Crippen LogP contribution in [0.25, 0.3) is 0 Å². The van der Waals surface area contributed by atoms with Gasteiger partial charge in [-0.3, -0.25) is 14.4 Å². The van der Waals surface area contributed by atoms with Gasteiger partial charge in [0.15, 0.2) is 0 Å². The first kappa shape index (κ1) is 10.1. The summed E-state index contributed by atoms with van der Waals surface area (Å²) in [4.78, 5) is 27.6. The van der Waals surface area contributed by atoms with E-state index in [1.54, 1.807) is 20.8 Å². The quantitative estimate of drug-likeness (QED) is 0.576. The number of amides is 2. The van der Waals surface area contributed by atoms with Crippen LogP contribution in [-0.2, 0) is 14.4 Å². The van der Waals surface area contributed by atoms with E-state index in [1.165, 1.54) is 0 Å². The molecule has 1 unspecified atom stereocenters. The lowest BCUT2D eigenvalue weighted by Gasteiger charge is -2.24. The topological polar surface area (TPSA) is 72.6 Å². The summed E-state index contributed by atoms with van der Waals surface area (Å²) in [6, 6.07) is -0.741. The van der Waals surface area contributed by atoms with Crippen molar-refractivity contribution in [1.29, 1.82) is 0 Å². The van der Waals surface area contributed by atoms with Crippen molar-refractivity contribution < 1.29 is 14.4 Å². The Kier molecular flexibility index (Phi) is 2.40. The van der Waals surface area contributed by atoms with E-state index >= 15 is 0 Å². The molecule has 0 aromatic heterocycles. The molecule has 13 heavy (non-hydrogen) atoms. The van der Waals surface area contributed by atoms with Gasteiger partial charge in [0.1, 0.15) is 0 Å². The first-order valence-electron chi connectivity index (χ1n) is 4.13. The molecule has 1 rings (SSSR count). The summed E-state index contributed by atoms with van der Waals surface area (Å²) in [5.74, 6) is -0.827. The first-order valence-corrected chi connectivity index (χ1v) is 4.13. The van der Waals surface area contributed by atoms with Crippen LogP contribution in [0.3, 0.4) is 0 Å². The molecule has 1 fully saturated rings. The third-order valence-corrected chi connectivity index (χ3v) is 1.50. The Balaban J connectivity index is 2.70. The number of carbonyl (C=O) groups excluding carboxylic acids is 2. The number of rotatable bonds is 1. The summed E-state index contributed by atoms with van der Waals surface area (Å²) in [5.41, 5.74) is 4.83. The second-order valence-corrected chi connectivity index (χ2v) is 4.04. The molecule has 2 amide bonds. The first-order chi connectivity index (χ1) is 5.81. The van der Waals surface area contributed by atoms with Crippen molar-refractivity contribution in [3.05, 3.63) is 0 Å². The van der Waals surface area contributed by atoms with E-state index in [4.69, 9.17) is 10.6 Å². The average molecular weight is 186 g/mol. The summed E-state index contributed by atoms with van der Waals surface area (Å²) in [6.45, 7) is 5.28. The normalized spacial score (nSPS) is 24.3. The van der Waals surface area contributed by atoms with Crippen molar-refractivity contribution in [1.82, 2.24) is 5.06 Å². The van der Waals surface area contributed by atoms with Crippen LogP contribution < -0.4 is 5.73 Å². The van der Waals surface area contributed by atoms with E-state index in [0.717, 1.165) is 5.06 Å². The number of nitrogens with two attached hydrogens (primary N) is 1. The highest BCUT2D eigenvalue weighted by Gasteiger charge is 2.39. The van der Waals surface area contributed by atoms with Gasteiger partial charge in [-0.1, -0.05) is 0 Å². The van der Waals surface area contributed by atoms with Gasteiger partial charge in [-0.25, -0.2) is 0 Å². The Labute approximate surface area is 76.8 Å². The monoisotopic (exact) mass is 186 g/mol. The fraction of sp³-hybridized carbons (Fsp3) is 0.750. The van der Waals surface area contributed by atoms with E-state index in [9.17, 15) is 9.59 Å². The molecule has 0 radical (unpaired) electrons. The van der Waals surface area contributed by atoms with Crippen molar-refractivity contribution in [2.45, 2.75) is 38.8 Å². The van der Waals surface area contributed by atoms with E-state index < -0.39 is 17.6 Å². The smallest absolute Gasteiger partial charge is 0.270 e. The third kappa shape index (κ3) is 2.26. The van der Waals surface area contributed by atoms with E-state index in [2.05, 4.69) is 0 Å². The largest absolute Gasteiger partial charge is 0.319 e. The van der Waals surface area contributed by atoms with Crippen LogP contribution in [0.2, 0.25) is 0 Å². The molecule has 74 valence electrons. The van der Waals surface area contributed by atoms with Gasteiger partial charge in [0.05, 0.1) is 18.1 Å². The van der Waals surface area contributed by atoms with Crippen LogP contribution in [0, 0.1) is 0 Å². The number of carbonyl (C=O) groups is 2. The fourth-order valence-electron chi connectivity index (χ4n) is 1.00. The molecule has 0 spiro atoms. The summed E-state index contributed by atoms with van der Waals surface area (Å²) in [5, 5.41) is 0.769. The fourth-order valence-corrected chi connectivity index (χ4v) is 1.00. The van der Waals surface area contributed by atoms with Crippen LogP contribution in [0.5, 0.6) is 0 Å². The number of nitrogens with zero attached hydrogens (tertiary/aromatic N) is 1. The van der Waals surface area contributed by atoms with E-state index in [0.29, 0.717) is 0 Å². The number of hydrogen-bond acceptors (Lipinski definition) is 4. The zero-order valence-corrected chi connectivity index (χ0v) is 8.03. The van der Waals surface area contributed by atoms with E-state index in [1.807, 2.05) is 0 Å². The summed E-state index contributed by atoms with van der Waals surface area (Å²) < 4.78 is 0.